The van der Waals surface area contributed by atoms with Crippen molar-refractivity contribution in [3.63, 3.8) is 0 Å². The van der Waals surface area contributed by atoms with Crippen molar-refractivity contribution in [2.75, 3.05) is 0 Å². The molecule has 0 aromatic rings. The fourth-order valence-electron chi connectivity index (χ4n) is 0. The van der Waals surface area contributed by atoms with E-state index in [1.807, 2.05) is 0 Å². The van der Waals surface area contributed by atoms with Crippen molar-refractivity contribution in [2.45, 2.75) is 13.1 Å². The maximum Gasteiger partial charge on any atom is 0.0491 e. The molecule has 4 N–H and O–H groups in total. The first-order valence-corrected chi connectivity index (χ1v) is 1.24. The molecule has 0 bridgehead atoms. The first-order chi connectivity index (χ1) is 1.73. The van der Waals surface area contributed by atoms with Gasteiger partial charge in [-0.1, -0.05) is 0 Å². The summed E-state index contributed by atoms with van der Waals surface area (Å²) < 4.78 is 0. The molecule has 0 spiro atoms. The summed E-state index contributed by atoms with van der Waals surface area (Å²) in [6, 6.07) is 0. The molecule has 0 saturated heterocycles. The Balaban J connectivity index is 0. The van der Waals surface area contributed by atoms with E-state index in [1.54, 1.807) is 6.92 Å². The van der Waals surface area contributed by atoms with Crippen molar-refractivity contribution in [3.8, 4) is 0 Å². The molecule has 0 rings (SSSR count). The van der Waals surface area contributed by atoms with Gasteiger partial charge in [-0.3, -0.25) is 0 Å². The molecule has 1 radical (unpaired) electrons. The predicted octanol–water partition coefficient (Wildman–Crippen LogP) is -0.753. The average molecular weight is 124 g/mol. The molecular formula is C2H8CuN2. The molecule has 0 aromatic heterocycles. The number of nitrogens with two attached hydrogens (primary N) is 2. The van der Waals surface area contributed by atoms with Gasteiger partial charge in [0.05, 0.1) is 0 Å². The van der Waals surface area contributed by atoms with Gasteiger partial charge in [-0.2, -0.15) is 0 Å². The van der Waals surface area contributed by atoms with Gasteiger partial charge < -0.3 is 11.5 Å². The minimum absolute atomic E-state index is 0. The topological polar surface area (TPSA) is 52.0 Å². The Morgan fingerprint density at radius 2 is 1.40 bits per heavy atom. The summed E-state index contributed by atoms with van der Waals surface area (Å²) in [6.45, 7) is 1.72. The van der Waals surface area contributed by atoms with Gasteiger partial charge in [-0.15, -0.1) is 0 Å². The van der Waals surface area contributed by atoms with Gasteiger partial charge in [-0.05, 0) is 6.92 Å². The van der Waals surface area contributed by atoms with E-state index in [-0.39, 0.29) is 23.2 Å². The monoisotopic (exact) mass is 123 g/mol. The summed E-state index contributed by atoms with van der Waals surface area (Å²) in [5.41, 5.74) is 9.78. The SMILES string of the molecule is CC(N)N.[Cu]. The Morgan fingerprint density at radius 1 is 1.40 bits per heavy atom. The quantitative estimate of drug-likeness (QED) is 0.329. The van der Waals surface area contributed by atoms with E-state index >= 15 is 0 Å². The predicted molar refractivity (Wildman–Crippen MR) is 17.8 cm³/mol. The van der Waals surface area contributed by atoms with Crippen LogP contribution in [0.2, 0.25) is 0 Å². The molecule has 0 fully saturated rings. The Kier molecular flexibility index (Phi) is 8.05. The van der Waals surface area contributed by atoms with Crippen LogP contribution in [0, 0.1) is 0 Å². The molecule has 0 saturated carbocycles. The summed E-state index contributed by atoms with van der Waals surface area (Å²) in [6.07, 6.45) is -0.167. The van der Waals surface area contributed by atoms with Gasteiger partial charge in [-0.25, -0.2) is 0 Å². The zero-order chi connectivity index (χ0) is 3.58. The molecule has 2 nitrogen and oxygen atoms in total. The maximum atomic E-state index is 4.89. The van der Waals surface area contributed by atoms with Crippen molar-refractivity contribution in [2.24, 2.45) is 11.5 Å². The summed E-state index contributed by atoms with van der Waals surface area (Å²) in [5, 5.41) is 0. The Labute approximate surface area is 42.4 Å². The van der Waals surface area contributed by atoms with Gasteiger partial charge >= 0.3 is 0 Å². The van der Waals surface area contributed by atoms with Gasteiger partial charge in [0.25, 0.3) is 0 Å². The van der Waals surface area contributed by atoms with Crippen LogP contribution in [-0.2, 0) is 17.1 Å². The van der Waals surface area contributed by atoms with Crippen LogP contribution in [-0.4, -0.2) is 6.17 Å². The maximum absolute atomic E-state index is 4.89. The third-order valence-electron chi connectivity index (χ3n) is 0. The van der Waals surface area contributed by atoms with E-state index in [1.165, 1.54) is 0 Å². The molecule has 0 aliphatic heterocycles. The summed E-state index contributed by atoms with van der Waals surface area (Å²) >= 11 is 0. The van der Waals surface area contributed by atoms with Crippen LogP contribution in [0.15, 0.2) is 0 Å². The second-order valence-corrected chi connectivity index (χ2v) is 0.859. The molecule has 3 heteroatoms. The van der Waals surface area contributed by atoms with Crippen LogP contribution in [0.4, 0.5) is 0 Å². The number of hydrogen-bond donors (Lipinski definition) is 2. The smallest absolute Gasteiger partial charge is 0.0491 e. The van der Waals surface area contributed by atoms with E-state index in [0.29, 0.717) is 0 Å². The Bertz CT molecular complexity index is 12.4. The average Bonchev–Trinajstić information content (AvgIpc) is 0.811. The molecule has 0 aliphatic carbocycles. The zero-order valence-corrected chi connectivity index (χ0v) is 3.98. The summed E-state index contributed by atoms with van der Waals surface area (Å²) in [4.78, 5) is 0. The molecule has 37 valence electrons. The zero-order valence-electron chi connectivity index (χ0n) is 3.03. The second kappa shape index (κ2) is 4.44. The van der Waals surface area contributed by atoms with Crippen molar-refractivity contribution in [1.29, 1.82) is 0 Å². The third-order valence-corrected chi connectivity index (χ3v) is 0. The van der Waals surface area contributed by atoms with Crippen LogP contribution >= 0.6 is 0 Å². The normalized spacial score (nSPS) is 7.20. The standard InChI is InChI=1S/C2H8N2.Cu/c1-2(3)4;/h2H,3-4H2,1H3;. The van der Waals surface area contributed by atoms with Crippen molar-refractivity contribution in [3.05, 3.63) is 0 Å². The van der Waals surface area contributed by atoms with Crippen molar-refractivity contribution in [1.82, 2.24) is 0 Å². The largest absolute Gasteiger partial charge is 0.316 e. The van der Waals surface area contributed by atoms with Crippen molar-refractivity contribution >= 4 is 0 Å². The summed E-state index contributed by atoms with van der Waals surface area (Å²) in [5.74, 6) is 0. The molecule has 0 aliphatic rings. The van der Waals surface area contributed by atoms with E-state index < -0.39 is 0 Å². The van der Waals surface area contributed by atoms with Crippen LogP contribution in [0.5, 0.6) is 0 Å². The van der Waals surface area contributed by atoms with Gasteiger partial charge in [0.2, 0.25) is 0 Å². The van der Waals surface area contributed by atoms with Crippen LogP contribution < -0.4 is 11.5 Å². The van der Waals surface area contributed by atoms with E-state index in [0.717, 1.165) is 0 Å². The van der Waals surface area contributed by atoms with Crippen LogP contribution in [0.25, 0.3) is 0 Å². The molecule has 5 heavy (non-hydrogen) atoms. The molecule has 0 heterocycles. The van der Waals surface area contributed by atoms with E-state index in [9.17, 15) is 0 Å². The van der Waals surface area contributed by atoms with Crippen LogP contribution in [0.3, 0.4) is 0 Å². The van der Waals surface area contributed by atoms with Crippen molar-refractivity contribution < 1.29 is 17.1 Å². The molecular weight excluding hydrogens is 116 g/mol. The van der Waals surface area contributed by atoms with Gasteiger partial charge in [0.1, 0.15) is 0 Å². The Morgan fingerprint density at radius 3 is 1.40 bits per heavy atom. The van der Waals surface area contributed by atoms with Crippen LogP contribution in [0.1, 0.15) is 6.92 Å². The number of hydrogen-bond acceptors (Lipinski definition) is 2. The molecule has 0 unspecified atom stereocenters. The third kappa shape index (κ3) is 137. The second-order valence-electron chi connectivity index (χ2n) is 0.859. The van der Waals surface area contributed by atoms with E-state index in [4.69, 9.17) is 11.5 Å². The molecule has 0 atom stereocenters. The first kappa shape index (κ1) is 9.06. The molecule has 0 aromatic carbocycles. The van der Waals surface area contributed by atoms with Gasteiger partial charge in [0, 0.05) is 23.2 Å². The Hall–Kier alpha value is 0.439. The fourth-order valence-corrected chi connectivity index (χ4v) is 0. The molecule has 0 amide bonds. The fraction of sp³-hybridized carbons (Fsp3) is 1.00. The van der Waals surface area contributed by atoms with Gasteiger partial charge in [0.15, 0.2) is 0 Å². The van der Waals surface area contributed by atoms with E-state index in [2.05, 4.69) is 0 Å². The minimum Gasteiger partial charge on any atom is -0.316 e. The minimum atomic E-state index is -0.167. The number of rotatable bonds is 0. The first-order valence-electron chi connectivity index (χ1n) is 1.24. The summed E-state index contributed by atoms with van der Waals surface area (Å²) in [7, 11) is 0.